The van der Waals surface area contributed by atoms with Gasteiger partial charge < -0.3 is 5.32 Å². The molecule has 0 bridgehead atoms. The van der Waals surface area contributed by atoms with Gasteiger partial charge in [0.25, 0.3) is 0 Å². The standard InChI is InChI=1S/C16H17N3OS2/c1-2-21-8-7-15(20)19-16-18-11-14(22-16)9-12-3-5-13(10-17)6-4-12/h3-6,11H,2,7-9H2,1H3,(H,18,19,20). The SMILES string of the molecule is CCSCCC(=O)Nc1ncc(Cc2ccc(C#N)cc2)s1. The number of hydrogen-bond donors (Lipinski definition) is 1. The van der Waals surface area contributed by atoms with Crippen LogP contribution in [-0.2, 0) is 11.2 Å². The first-order chi connectivity index (χ1) is 10.7. The van der Waals surface area contributed by atoms with Crippen molar-refractivity contribution in [3.05, 3.63) is 46.5 Å². The Labute approximate surface area is 138 Å². The molecular weight excluding hydrogens is 314 g/mol. The van der Waals surface area contributed by atoms with Crippen LogP contribution in [0.25, 0.3) is 0 Å². The molecule has 2 aromatic rings. The molecule has 0 saturated heterocycles. The first-order valence-electron chi connectivity index (χ1n) is 7.02. The number of anilines is 1. The van der Waals surface area contributed by atoms with Gasteiger partial charge in [0.1, 0.15) is 0 Å². The van der Waals surface area contributed by atoms with Crippen LogP contribution in [0.1, 0.15) is 29.3 Å². The topological polar surface area (TPSA) is 65.8 Å². The van der Waals surface area contributed by atoms with Gasteiger partial charge in [-0.2, -0.15) is 17.0 Å². The Hall–Kier alpha value is -1.84. The highest BCUT2D eigenvalue weighted by Crippen LogP contribution is 2.21. The molecule has 0 fully saturated rings. The van der Waals surface area contributed by atoms with Crippen molar-refractivity contribution < 1.29 is 4.79 Å². The number of carbonyl (C=O) groups is 1. The summed E-state index contributed by atoms with van der Waals surface area (Å²) >= 11 is 3.25. The summed E-state index contributed by atoms with van der Waals surface area (Å²) in [4.78, 5) is 17.1. The van der Waals surface area contributed by atoms with Crippen molar-refractivity contribution in [3.63, 3.8) is 0 Å². The molecule has 1 aromatic carbocycles. The van der Waals surface area contributed by atoms with E-state index >= 15 is 0 Å². The number of nitriles is 1. The maximum absolute atomic E-state index is 11.7. The average Bonchev–Trinajstić information content (AvgIpc) is 2.95. The second kappa shape index (κ2) is 8.57. The number of carbonyl (C=O) groups excluding carboxylic acids is 1. The lowest BCUT2D eigenvalue weighted by Crippen LogP contribution is -2.11. The van der Waals surface area contributed by atoms with Gasteiger partial charge in [0, 0.05) is 29.7 Å². The predicted molar refractivity (Wildman–Crippen MR) is 92.3 cm³/mol. The van der Waals surface area contributed by atoms with Gasteiger partial charge >= 0.3 is 0 Å². The van der Waals surface area contributed by atoms with Gasteiger partial charge in [0.05, 0.1) is 11.6 Å². The Bertz CT molecular complexity index is 659. The van der Waals surface area contributed by atoms with Crippen LogP contribution >= 0.6 is 23.1 Å². The van der Waals surface area contributed by atoms with E-state index in [2.05, 4.69) is 23.3 Å². The molecule has 1 amide bonds. The van der Waals surface area contributed by atoms with Gasteiger partial charge in [-0.25, -0.2) is 4.98 Å². The number of nitrogens with zero attached hydrogens (tertiary/aromatic N) is 2. The van der Waals surface area contributed by atoms with Crippen LogP contribution in [0, 0.1) is 11.3 Å². The average molecular weight is 331 g/mol. The summed E-state index contributed by atoms with van der Waals surface area (Å²) in [6.07, 6.45) is 3.06. The van der Waals surface area contributed by atoms with Gasteiger partial charge in [0.15, 0.2) is 5.13 Å². The Morgan fingerprint density at radius 2 is 2.18 bits per heavy atom. The molecule has 1 heterocycles. The molecular formula is C16H17N3OS2. The highest BCUT2D eigenvalue weighted by Gasteiger charge is 2.07. The Morgan fingerprint density at radius 1 is 1.41 bits per heavy atom. The first-order valence-corrected chi connectivity index (χ1v) is 8.99. The van der Waals surface area contributed by atoms with Crippen LogP contribution in [0.2, 0.25) is 0 Å². The Balaban J connectivity index is 1.88. The van der Waals surface area contributed by atoms with E-state index in [1.54, 1.807) is 18.0 Å². The largest absolute Gasteiger partial charge is 0.302 e. The van der Waals surface area contributed by atoms with Crippen LogP contribution < -0.4 is 5.32 Å². The molecule has 0 unspecified atom stereocenters. The van der Waals surface area contributed by atoms with Gasteiger partial charge in [-0.05, 0) is 23.4 Å². The fourth-order valence-electron chi connectivity index (χ4n) is 1.84. The van der Waals surface area contributed by atoms with Crippen molar-refractivity contribution >= 4 is 34.1 Å². The van der Waals surface area contributed by atoms with Crippen molar-refractivity contribution in [3.8, 4) is 6.07 Å². The second-order valence-corrected chi connectivity index (χ2v) is 7.12. The van der Waals surface area contributed by atoms with Crippen LogP contribution in [0.4, 0.5) is 5.13 Å². The second-order valence-electron chi connectivity index (χ2n) is 4.61. The normalized spacial score (nSPS) is 10.2. The smallest absolute Gasteiger partial charge is 0.226 e. The molecule has 4 nitrogen and oxygen atoms in total. The summed E-state index contributed by atoms with van der Waals surface area (Å²) in [5.74, 6) is 1.88. The maximum Gasteiger partial charge on any atom is 0.226 e. The van der Waals surface area contributed by atoms with Gasteiger partial charge in [-0.1, -0.05) is 19.1 Å². The number of aromatic nitrogens is 1. The lowest BCUT2D eigenvalue weighted by atomic mass is 10.1. The third-order valence-electron chi connectivity index (χ3n) is 2.94. The van der Waals surface area contributed by atoms with E-state index in [-0.39, 0.29) is 5.91 Å². The summed E-state index contributed by atoms with van der Waals surface area (Å²) in [5.41, 5.74) is 1.78. The van der Waals surface area contributed by atoms with E-state index in [1.165, 1.54) is 11.3 Å². The molecule has 1 N–H and O–H groups in total. The summed E-state index contributed by atoms with van der Waals surface area (Å²) in [6, 6.07) is 9.61. The highest BCUT2D eigenvalue weighted by atomic mass is 32.2. The van der Waals surface area contributed by atoms with Crippen LogP contribution in [-0.4, -0.2) is 22.4 Å². The molecule has 0 atom stereocenters. The zero-order chi connectivity index (χ0) is 15.8. The van der Waals surface area contributed by atoms with E-state index < -0.39 is 0 Å². The minimum Gasteiger partial charge on any atom is -0.302 e. The molecule has 0 radical (unpaired) electrons. The van der Waals surface area contributed by atoms with Crippen LogP contribution in [0.15, 0.2) is 30.5 Å². The summed E-state index contributed by atoms with van der Waals surface area (Å²) in [7, 11) is 0. The zero-order valence-electron chi connectivity index (χ0n) is 12.3. The van der Waals surface area contributed by atoms with Crippen molar-refractivity contribution in [2.75, 3.05) is 16.8 Å². The molecule has 1 aromatic heterocycles. The van der Waals surface area contributed by atoms with Gasteiger partial charge in [-0.3, -0.25) is 4.79 Å². The molecule has 0 aliphatic rings. The molecule has 6 heteroatoms. The predicted octanol–water partition coefficient (Wildman–Crippen LogP) is 3.69. The minimum atomic E-state index is 0.0141. The number of amides is 1. The van der Waals surface area contributed by atoms with Gasteiger partial charge in [0.2, 0.25) is 5.91 Å². The number of thioether (sulfide) groups is 1. The molecule has 22 heavy (non-hydrogen) atoms. The highest BCUT2D eigenvalue weighted by molar-refractivity contribution is 7.99. The van der Waals surface area contributed by atoms with Gasteiger partial charge in [-0.15, -0.1) is 11.3 Å². The quantitative estimate of drug-likeness (QED) is 0.786. The number of benzene rings is 1. The summed E-state index contributed by atoms with van der Waals surface area (Å²) in [6.45, 7) is 2.08. The summed E-state index contributed by atoms with van der Waals surface area (Å²) in [5, 5.41) is 12.3. The number of nitrogens with one attached hydrogen (secondary N) is 1. The van der Waals surface area contributed by atoms with E-state index in [4.69, 9.17) is 5.26 Å². The molecule has 114 valence electrons. The van der Waals surface area contributed by atoms with E-state index in [0.29, 0.717) is 17.1 Å². The molecule has 0 aliphatic heterocycles. The van der Waals surface area contributed by atoms with E-state index in [1.807, 2.05) is 24.3 Å². The minimum absolute atomic E-state index is 0.0141. The zero-order valence-corrected chi connectivity index (χ0v) is 14.0. The number of thiazole rings is 1. The van der Waals surface area contributed by atoms with Crippen LogP contribution in [0.3, 0.4) is 0 Å². The lowest BCUT2D eigenvalue weighted by molar-refractivity contribution is -0.115. The Kier molecular flexibility index (Phi) is 6.44. The third-order valence-corrected chi connectivity index (χ3v) is 4.75. The molecule has 0 saturated carbocycles. The van der Waals surface area contributed by atoms with Crippen molar-refractivity contribution in [2.45, 2.75) is 19.8 Å². The third kappa shape index (κ3) is 5.17. The maximum atomic E-state index is 11.7. The van der Waals surface area contributed by atoms with Crippen molar-refractivity contribution in [1.82, 2.24) is 4.98 Å². The first kappa shape index (κ1) is 16.5. The van der Waals surface area contributed by atoms with E-state index in [0.717, 1.165) is 28.4 Å². The number of hydrogen-bond acceptors (Lipinski definition) is 5. The van der Waals surface area contributed by atoms with Crippen molar-refractivity contribution in [2.24, 2.45) is 0 Å². The van der Waals surface area contributed by atoms with E-state index in [9.17, 15) is 4.79 Å². The fourth-order valence-corrected chi connectivity index (χ4v) is 3.32. The molecule has 2 rings (SSSR count). The Morgan fingerprint density at radius 3 is 2.86 bits per heavy atom. The molecule has 0 spiro atoms. The fraction of sp³-hybridized carbons (Fsp3) is 0.312. The molecule has 0 aliphatic carbocycles. The van der Waals surface area contributed by atoms with Crippen molar-refractivity contribution in [1.29, 1.82) is 5.26 Å². The summed E-state index contributed by atoms with van der Waals surface area (Å²) < 4.78 is 0. The van der Waals surface area contributed by atoms with Crippen LogP contribution in [0.5, 0.6) is 0 Å². The lowest BCUT2D eigenvalue weighted by Gasteiger charge is -2.00. The monoisotopic (exact) mass is 331 g/mol. The number of rotatable bonds is 7.